The molecule has 3 aromatic rings. The number of benzene rings is 2. The number of aromatic nitrogens is 2. The zero-order chi connectivity index (χ0) is 16.9. The van der Waals surface area contributed by atoms with Crippen LogP contribution in [0.3, 0.4) is 0 Å². The molecule has 1 amide bonds. The first-order valence-corrected chi connectivity index (χ1v) is 7.42. The van der Waals surface area contributed by atoms with Crippen molar-refractivity contribution in [1.82, 2.24) is 9.78 Å². The molecule has 2 aromatic carbocycles. The topological polar surface area (TPSA) is 56.2 Å². The number of nitrogens with zero attached hydrogens (tertiary/aromatic N) is 2. The second kappa shape index (κ2) is 6.95. The van der Waals surface area contributed by atoms with Gasteiger partial charge < -0.3 is 10.1 Å². The third kappa shape index (κ3) is 3.43. The molecule has 6 heteroatoms. The van der Waals surface area contributed by atoms with Crippen LogP contribution in [0.4, 0.5) is 14.9 Å². The van der Waals surface area contributed by atoms with E-state index in [2.05, 4.69) is 10.4 Å². The van der Waals surface area contributed by atoms with Gasteiger partial charge in [0.15, 0.2) is 0 Å². The summed E-state index contributed by atoms with van der Waals surface area (Å²) in [4.78, 5) is 12.3. The van der Waals surface area contributed by atoms with Crippen LogP contribution in [0, 0.1) is 6.92 Å². The molecule has 0 spiro atoms. The molecule has 1 aromatic heterocycles. The van der Waals surface area contributed by atoms with Gasteiger partial charge in [-0.05, 0) is 25.1 Å². The minimum Gasteiger partial charge on any atom is -0.437 e. The summed E-state index contributed by atoms with van der Waals surface area (Å²) in [5, 5.41) is 6.88. The van der Waals surface area contributed by atoms with Crippen molar-refractivity contribution in [3.05, 3.63) is 71.9 Å². The van der Waals surface area contributed by atoms with Gasteiger partial charge in [0.05, 0.1) is 5.69 Å². The maximum absolute atomic E-state index is 13.0. The Morgan fingerprint density at radius 1 is 1.17 bits per heavy atom. The molecule has 0 bridgehead atoms. The Labute approximate surface area is 138 Å². The van der Waals surface area contributed by atoms with Crippen LogP contribution in [0.5, 0.6) is 11.6 Å². The highest BCUT2D eigenvalue weighted by molar-refractivity contribution is 5.90. The summed E-state index contributed by atoms with van der Waals surface area (Å²) >= 11 is 0. The lowest BCUT2D eigenvalue weighted by Gasteiger charge is -2.07. The number of hydrogen-bond donors (Lipinski definition) is 1. The second-order valence-corrected chi connectivity index (χ2v) is 5.18. The van der Waals surface area contributed by atoms with Gasteiger partial charge in [-0.1, -0.05) is 36.4 Å². The Hall–Kier alpha value is -3.15. The van der Waals surface area contributed by atoms with E-state index in [4.69, 9.17) is 4.74 Å². The normalized spacial score (nSPS) is 10.4. The highest BCUT2D eigenvalue weighted by Crippen LogP contribution is 2.25. The Balaban J connectivity index is 1.79. The first-order valence-electron chi connectivity index (χ1n) is 7.42. The number of carbonyl (C=O) groups excluding carboxylic acids is 1. The van der Waals surface area contributed by atoms with E-state index in [0.717, 1.165) is 0 Å². The molecule has 5 nitrogen and oxygen atoms in total. The van der Waals surface area contributed by atoms with E-state index in [9.17, 15) is 9.18 Å². The fraction of sp³-hybridized carbons (Fsp3) is 0.111. The van der Waals surface area contributed by atoms with E-state index in [1.54, 1.807) is 49.4 Å². The SMILES string of the molecule is Cc1cc(Oc2ccccc2CF)nn1C(=O)Nc1ccccc1. The lowest BCUT2D eigenvalue weighted by Crippen LogP contribution is -2.21. The minimum absolute atomic E-state index is 0.233. The zero-order valence-electron chi connectivity index (χ0n) is 13.1. The number of amides is 1. The fourth-order valence-corrected chi connectivity index (χ4v) is 2.23. The number of hydrogen-bond acceptors (Lipinski definition) is 3. The molecule has 1 heterocycles. The molecular formula is C18H16FN3O2. The smallest absolute Gasteiger partial charge is 0.346 e. The average Bonchev–Trinajstić information content (AvgIpc) is 2.97. The van der Waals surface area contributed by atoms with Gasteiger partial charge in [-0.3, -0.25) is 0 Å². The number of aryl methyl sites for hydroxylation is 1. The zero-order valence-corrected chi connectivity index (χ0v) is 13.1. The van der Waals surface area contributed by atoms with Crippen molar-refractivity contribution >= 4 is 11.7 Å². The van der Waals surface area contributed by atoms with Gasteiger partial charge in [0.2, 0.25) is 5.88 Å². The van der Waals surface area contributed by atoms with E-state index >= 15 is 0 Å². The first-order chi connectivity index (χ1) is 11.7. The molecule has 1 N–H and O–H groups in total. The number of nitrogens with one attached hydrogen (secondary N) is 1. The second-order valence-electron chi connectivity index (χ2n) is 5.18. The van der Waals surface area contributed by atoms with Crippen LogP contribution in [0.1, 0.15) is 11.3 Å². The lowest BCUT2D eigenvalue weighted by molar-refractivity contribution is 0.250. The van der Waals surface area contributed by atoms with E-state index in [0.29, 0.717) is 22.7 Å². The maximum Gasteiger partial charge on any atom is 0.346 e. The van der Waals surface area contributed by atoms with E-state index in [-0.39, 0.29) is 5.88 Å². The summed E-state index contributed by atoms with van der Waals surface area (Å²) in [6, 6.07) is 17.1. The van der Waals surface area contributed by atoms with Gasteiger partial charge in [0.25, 0.3) is 0 Å². The molecule has 0 aliphatic heterocycles. The van der Waals surface area contributed by atoms with Crippen molar-refractivity contribution in [3.63, 3.8) is 0 Å². The molecule has 0 saturated carbocycles. The number of halogens is 1. The third-order valence-corrected chi connectivity index (χ3v) is 3.41. The van der Waals surface area contributed by atoms with Gasteiger partial charge >= 0.3 is 6.03 Å². The summed E-state index contributed by atoms with van der Waals surface area (Å²) in [6.45, 7) is 1.11. The minimum atomic E-state index is -0.635. The van der Waals surface area contributed by atoms with Crippen LogP contribution in [0.15, 0.2) is 60.7 Å². The van der Waals surface area contributed by atoms with Crippen LogP contribution in [0.2, 0.25) is 0 Å². The summed E-state index contributed by atoms with van der Waals surface area (Å²) in [5.41, 5.74) is 1.71. The largest absolute Gasteiger partial charge is 0.437 e. The molecular weight excluding hydrogens is 309 g/mol. The molecule has 122 valence electrons. The van der Waals surface area contributed by atoms with Crippen molar-refractivity contribution in [2.45, 2.75) is 13.6 Å². The van der Waals surface area contributed by atoms with Gasteiger partial charge in [-0.25, -0.2) is 9.18 Å². The van der Waals surface area contributed by atoms with Gasteiger partial charge in [-0.15, -0.1) is 5.10 Å². The summed E-state index contributed by atoms with van der Waals surface area (Å²) in [6.07, 6.45) is 0. The summed E-state index contributed by atoms with van der Waals surface area (Å²) in [7, 11) is 0. The van der Waals surface area contributed by atoms with Gasteiger partial charge in [0, 0.05) is 17.3 Å². The highest BCUT2D eigenvalue weighted by Gasteiger charge is 2.14. The maximum atomic E-state index is 13.0. The molecule has 0 unspecified atom stereocenters. The summed E-state index contributed by atoms with van der Waals surface area (Å²) < 4.78 is 19.8. The molecule has 0 atom stereocenters. The number of ether oxygens (including phenoxy) is 1. The quantitative estimate of drug-likeness (QED) is 0.766. The molecule has 0 fully saturated rings. The highest BCUT2D eigenvalue weighted by atomic mass is 19.1. The third-order valence-electron chi connectivity index (χ3n) is 3.41. The van der Waals surface area contributed by atoms with Crippen LogP contribution in [-0.2, 0) is 6.67 Å². The van der Waals surface area contributed by atoms with Crippen molar-refractivity contribution in [1.29, 1.82) is 0 Å². The van der Waals surface area contributed by atoms with Crippen molar-refractivity contribution in [3.8, 4) is 11.6 Å². The fourth-order valence-electron chi connectivity index (χ4n) is 2.23. The van der Waals surface area contributed by atoms with E-state index < -0.39 is 12.7 Å². The number of alkyl halides is 1. The Kier molecular flexibility index (Phi) is 4.56. The molecule has 0 radical (unpaired) electrons. The van der Waals surface area contributed by atoms with Crippen molar-refractivity contribution < 1.29 is 13.9 Å². The molecule has 0 aliphatic carbocycles. The number of rotatable bonds is 4. The number of carbonyl (C=O) groups is 1. The monoisotopic (exact) mass is 325 g/mol. The van der Waals surface area contributed by atoms with Crippen LogP contribution in [0.25, 0.3) is 0 Å². The molecule has 0 saturated heterocycles. The van der Waals surface area contributed by atoms with E-state index in [1.165, 1.54) is 4.68 Å². The van der Waals surface area contributed by atoms with Crippen LogP contribution >= 0.6 is 0 Å². The average molecular weight is 325 g/mol. The number of para-hydroxylation sites is 2. The van der Waals surface area contributed by atoms with Crippen LogP contribution < -0.4 is 10.1 Å². The van der Waals surface area contributed by atoms with Crippen LogP contribution in [-0.4, -0.2) is 15.8 Å². The van der Waals surface area contributed by atoms with Gasteiger partial charge in [0.1, 0.15) is 12.4 Å². The Bertz CT molecular complexity index is 846. The summed E-state index contributed by atoms with van der Waals surface area (Å²) in [5.74, 6) is 0.615. The molecule has 24 heavy (non-hydrogen) atoms. The van der Waals surface area contributed by atoms with Gasteiger partial charge in [-0.2, -0.15) is 4.68 Å². The predicted octanol–water partition coefficient (Wildman–Crippen LogP) is 4.53. The molecule has 3 rings (SSSR count). The number of anilines is 1. The predicted molar refractivity (Wildman–Crippen MR) is 89.2 cm³/mol. The van der Waals surface area contributed by atoms with E-state index in [1.807, 2.05) is 18.2 Å². The first kappa shape index (κ1) is 15.7. The Morgan fingerprint density at radius 3 is 2.62 bits per heavy atom. The van der Waals surface area contributed by atoms with Crippen molar-refractivity contribution in [2.75, 3.05) is 5.32 Å². The van der Waals surface area contributed by atoms with Crippen molar-refractivity contribution in [2.24, 2.45) is 0 Å². The Morgan fingerprint density at radius 2 is 1.88 bits per heavy atom. The lowest BCUT2D eigenvalue weighted by atomic mass is 10.2. The standard InChI is InChI=1S/C18H16FN3O2/c1-13-11-17(24-16-10-6-5-7-14(16)12-19)21-22(13)18(23)20-15-8-3-2-4-9-15/h2-11H,12H2,1H3,(H,20,23). The molecule has 0 aliphatic rings.